The summed E-state index contributed by atoms with van der Waals surface area (Å²) in [5.74, 6) is 0.273. The highest BCUT2D eigenvalue weighted by Crippen LogP contribution is 2.25. The lowest BCUT2D eigenvalue weighted by molar-refractivity contribution is -0.384. The summed E-state index contributed by atoms with van der Waals surface area (Å²) in [4.78, 5) is 23.1. The van der Waals surface area contributed by atoms with E-state index in [0.717, 1.165) is 15.6 Å². The molecule has 0 aromatic heterocycles. The number of rotatable bonds is 11. The maximum absolute atomic E-state index is 13.3. The molecule has 3 aromatic carbocycles. The summed E-state index contributed by atoms with van der Waals surface area (Å²) >= 11 is 0. The summed E-state index contributed by atoms with van der Waals surface area (Å²) in [6, 6.07) is 20.4. The van der Waals surface area contributed by atoms with Gasteiger partial charge in [-0.25, -0.2) is 8.42 Å². The number of ether oxygens (including phenoxy) is 1. The Morgan fingerprint density at radius 2 is 1.74 bits per heavy atom. The summed E-state index contributed by atoms with van der Waals surface area (Å²) in [6.07, 6.45) is 1.37. The number of carbonyl (C=O) groups is 1. The van der Waals surface area contributed by atoms with Crippen molar-refractivity contribution in [3.8, 4) is 5.75 Å². The fraction of sp³-hybridized carbons (Fsp3) is 0.208. The SMILES string of the molecule is COc1cccc(CCCNC(=O)CN(c2ccc([N+](=O)[O-])cc2)S(=O)(=O)c2ccccc2)c1. The Morgan fingerprint density at radius 3 is 2.38 bits per heavy atom. The monoisotopic (exact) mass is 483 g/mol. The van der Waals surface area contributed by atoms with E-state index in [1.807, 2.05) is 24.3 Å². The van der Waals surface area contributed by atoms with E-state index in [-0.39, 0.29) is 16.3 Å². The number of anilines is 1. The minimum absolute atomic E-state index is 0.0131. The van der Waals surface area contributed by atoms with Crippen LogP contribution in [0.15, 0.2) is 83.8 Å². The first kappa shape index (κ1) is 24.7. The van der Waals surface area contributed by atoms with Gasteiger partial charge in [-0.15, -0.1) is 0 Å². The average Bonchev–Trinajstić information content (AvgIpc) is 2.86. The van der Waals surface area contributed by atoms with E-state index >= 15 is 0 Å². The van der Waals surface area contributed by atoms with Gasteiger partial charge in [0.1, 0.15) is 12.3 Å². The van der Waals surface area contributed by atoms with E-state index in [1.54, 1.807) is 25.3 Å². The number of nitrogens with zero attached hydrogens (tertiary/aromatic N) is 2. The van der Waals surface area contributed by atoms with Gasteiger partial charge in [0.15, 0.2) is 0 Å². The molecule has 1 N–H and O–H groups in total. The van der Waals surface area contributed by atoms with Gasteiger partial charge in [0.05, 0.1) is 22.6 Å². The zero-order valence-electron chi connectivity index (χ0n) is 18.6. The minimum Gasteiger partial charge on any atom is -0.497 e. The van der Waals surface area contributed by atoms with Crippen LogP contribution in [0.5, 0.6) is 5.75 Å². The molecule has 0 atom stereocenters. The van der Waals surface area contributed by atoms with Gasteiger partial charge in [0.25, 0.3) is 15.7 Å². The number of non-ortho nitro benzene ring substituents is 1. The number of benzene rings is 3. The zero-order valence-corrected chi connectivity index (χ0v) is 19.4. The second-order valence-corrected chi connectivity index (χ2v) is 9.27. The molecule has 9 nitrogen and oxygen atoms in total. The lowest BCUT2D eigenvalue weighted by Gasteiger charge is -2.24. The Hall–Kier alpha value is -3.92. The molecular formula is C24H25N3O6S. The number of nitrogens with one attached hydrogen (secondary N) is 1. The Morgan fingerprint density at radius 1 is 1.03 bits per heavy atom. The molecule has 0 fully saturated rings. The van der Waals surface area contributed by atoms with Crippen LogP contribution >= 0.6 is 0 Å². The van der Waals surface area contributed by atoms with Crippen LogP contribution in [0.4, 0.5) is 11.4 Å². The molecule has 0 aliphatic heterocycles. The summed E-state index contributed by atoms with van der Waals surface area (Å²) < 4.78 is 32.7. The maximum Gasteiger partial charge on any atom is 0.269 e. The Balaban J connectivity index is 1.70. The number of amides is 1. The van der Waals surface area contributed by atoms with Crippen molar-refractivity contribution in [1.82, 2.24) is 5.32 Å². The number of nitro groups is 1. The lowest BCUT2D eigenvalue weighted by atomic mass is 10.1. The number of carbonyl (C=O) groups excluding carboxylic acids is 1. The average molecular weight is 484 g/mol. The number of sulfonamides is 1. The van der Waals surface area contributed by atoms with E-state index in [0.29, 0.717) is 19.4 Å². The lowest BCUT2D eigenvalue weighted by Crippen LogP contribution is -2.41. The summed E-state index contributed by atoms with van der Waals surface area (Å²) in [5, 5.41) is 13.7. The second-order valence-electron chi connectivity index (χ2n) is 7.40. The molecule has 0 heterocycles. The number of nitro benzene ring substituents is 1. The molecule has 0 spiro atoms. The van der Waals surface area contributed by atoms with Crippen LogP contribution in [-0.2, 0) is 21.2 Å². The van der Waals surface area contributed by atoms with E-state index in [4.69, 9.17) is 4.74 Å². The van der Waals surface area contributed by atoms with E-state index in [2.05, 4.69) is 5.32 Å². The van der Waals surface area contributed by atoms with Gasteiger partial charge in [0, 0.05) is 18.7 Å². The largest absolute Gasteiger partial charge is 0.497 e. The second kappa shape index (κ2) is 11.3. The molecule has 0 unspecified atom stereocenters. The maximum atomic E-state index is 13.3. The molecule has 0 aliphatic rings. The molecule has 1 amide bonds. The van der Waals surface area contributed by atoms with Crippen LogP contribution in [-0.4, -0.2) is 39.4 Å². The van der Waals surface area contributed by atoms with Crippen molar-refractivity contribution in [3.05, 3.63) is 94.5 Å². The summed E-state index contributed by atoms with van der Waals surface area (Å²) in [5.41, 5.74) is 1.04. The smallest absolute Gasteiger partial charge is 0.269 e. The fourth-order valence-electron chi connectivity index (χ4n) is 3.31. The predicted molar refractivity (Wildman–Crippen MR) is 128 cm³/mol. The van der Waals surface area contributed by atoms with Crippen molar-refractivity contribution in [3.63, 3.8) is 0 Å². The van der Waals surface area contributed by atoms with Crippen LogP contribution in [0, 0.1) is 10.1 Å². The molecule has 0 saturated heterocycles. The molecular weight excluding hydrogens is 458 g/mol. The highest BCUT2D eigenvalue weighted by molar-refractivity contribution is 7.92. The Labute approximate surface area is 198 Å². The van der Waals surface area contributed by atoms with E-state index in [1.165, 1.54) is 36.4 Å². The van der Waals surface area contributed by atoms with Crippen molar-refractivity contribution in [1.29, 1.82) is 0 Å². The van der Waals surface area contributed by atoms with Crippen LogP contribution in [0.3, 0.4) is 0 Å². The van der Waals surface area contributed by atoms with Gasteiger partial charge in [-0.2, -0.15) is 0 Å². The number of aryl methyl sites for hydroxylation is 1. The number of hydrogen-bond acceptors (Lipinski definition) is 6. The Kier molecular flexibility index (Phi) is 8.20. The molecule has 0 bridgehead atoms. The third-order valence-corrected chi connectivity index (χ3v) is 6.85. The van der Waals surface area contributed by atoms with Crippen molar-refractivity contribution in [2.24, 2.45) is 0 Å². The zero-order chi connectivity index (χ0) is 24.6. The van der Waals surface area contributed by atoms with Gasteiger partial charge < -0.3 is 10.1 Å². The summed E-state index contributed by atoms with van der Waals surface area (Å²) in [7, 11) is -2.48. The van der Waals surface area contributed by atoms with Crippen LogP contribution in [0.25, 0.3) is 0 Å². The first-order valence-corrected chi connectivity index (χ1v) is 12.0. The van der Waals surface area contributed by atoms with Crippen LogP contribution in [0.1, 0.15) is 12.0 Å². The molecule has 0 saturated carbocycles. The van der Waals surface area contributed by atoms with Gasteiger partial charge in [-0.05, 0) is 54.8 Å². The molecule has 0 aliphatic carbocycles. The van der Waals surface area contributed by atoms with Crippen LogP contribution < -0.4 is 14.4 Å². The van der Waals surface area contributed by atoms with Gasteiger partial charge in [-0.3, -0.25) is 19.2 Å². The first-order chi connectivity index (χ1) is 16.3. The van der Waals surface area contributed by atoms with Gasteiger partial charge in [-0.1, -0.05) is 30.3 Å². The Bertz CT molecular complexity index is 1230. The number of methoxy groups -OCH3 is 1. The van der Waals surface area contributed by atoms with Gasteiger partial charge >= 0.3 is 0 Å². The molecule has 0 radical (unpaired) electrons. The van der Waals surface area contributed by atoms with Crippen molar-refractivity contribution < 1.29 is 22.9 Å². The molecule has 3 aromatic rings. The predicted octanol–water partition coefficient (Wildman–Crippen LogP) is 3.55. The quantitative estimate of drug-likeness (QED) is 0.253. The minimum atomic E-state index is -4.07. The van der Waals surface area contributed by atoms with Gasteiger partial charge in [0.2, 0.25) is 5.91 Å². The van der Waals surface area contributed by atoms with Crippen molar-refractivity contribution in [2.75, 3.05) is 24.5 Å². The third-order valence-electron chi connectivity index (χ3n) is 5.07. The molecule has 34 heavy (non-hydrogen) atoms. The normalized spacial score (nSPS) is 11.0. The summed E-state index contributed by atoms with van der Waals surface area (Å²) in [6.45, 7) is -0.107. The highest BCUT2D eigenvalue weighted by atomic mass is 32.2. The molecule has 178 valence electrons. The van der Waals surface area contributed by atoms with E-state index < -0.39 is 27.4 Å². The molecule has 10 heteroatoms. The first-order valence-electron chi connectivity index (χ1n) is 10.5. The van der Waals surface area contributed by atoms with Crippen molar-refractivity contribution >= 4 is 27.3 Å². The topological polar surface area (TPSA) is 119 Å². The number of hydrogen-bond donors (Lipinski definition) is 1. The van der Waals surface area contributed by atoms with E-state index in [9.17, 15) is 23.3 Å². The van der Waals surface area contributed by atoms with Crippen molar-refractivity contribution in [2.45, 2.75) is 17.7 Å². The van der Waals surface area contributed by atoms with Crippen LogP contribution in [0.2, 0.25) is 0 Å². The third kappa shape index (κ3) is 6.32. The fourth-order valence-corrected chi connectivity index (χ4v) is 4.75. The molecule has 3 rings (SSSR count). The standard InChI is InChI=1S/C24H25N3O6S/c1-33-22-9-5-7-19(17-22)8-6-16-25-24(28)18-26(20-12-14-21(15-13-20)27(29)30)34(31,32)23-10-3-2-4-11-23/h2-5,7,9-15,17H,6,8,16,18H2,1H3,(H,25,28). The highest BCUT2D eigenvalue weighted by Gasteiger charge is 2.27.